The third kappa shape index (κ3) is 5.77. The van der Waals surface area contributed by atoms with E-state index in [0.29, 0.717) is 49.8 Å². The number of nitrogens with one attached hydrogen (secondary N) is 1. The quantitative estimate of drug-likeness (QED) is 0.477. The number of thiazole rings is 1. The Bertz CT molecular complexity index is 1310. The highest BCUT2D eigenvalue weighted by atomic mass is 32.1. The molecule has 2 aromatic heterocycles. The Labute approximate surface area is 223 Å². The van der Waals surface area contributed by atoms with Crippen molar-refractivity contribution in [1.29, 1.82) is 0 Å². The molecule has 11 heteroatoms. The fourth-order valence-electron chi connectivity index (χ4n) is 5.37. The van der Waals surface area contributed by atoms with Crippen LogP contribution in [0.3, 0.4) is 0 Å². The fourth-order valence-corrected chi connectivity index (χ4v) is 6.34. The molecule has 3 aromatic rings. The Hall–Kier alpha value is -3.21. The summed E-state index contributed by atoms with van der Waals surface area (Å²) < 4.78 is 39.8. The number of aryl methyl sites for hydroxylation is 2. The normalized spacial score (nSPS) is 18.3. The summed E-state index contributed by atoms with van der Waals surface area (Å²) >= 11 is 1.46. The Morgan fingerprint density at radius 1 is 1.16 bits per heavy atom. The van der Waals surface area contributed by atoms with Gasteiger partial charge in [0, 0.05) is 42.5 Å². The molecule has 1 fully saturated rings. The predicted octanol–water partition coefficient (Wildman–Crippen LogP) is 4.92. The van der Waals surface area contributed by atoms with Gasteiger partial charge in [-0.1, -0.05) is 24.3 Å². The van der Waals surface area contributed by atoms with Crippen LogP contribution in [-0.2, 0) is 23.9 Å². The fraction of sp³-hybridized carbons (Fsp3) is 0.481. The molecular formula is C27H30F3N5O2S. The summed E-state index contributed by atoms with van der Waals surface area (Å²) in [6, 6.07) is 9.37. The maximum absolute atomic E-state index is 12.9. The molecule has 1 atom stereocenters. The first kappa shape index (κ1) is 26.4. The number of aromatic nitrogens is 3. The van der Waals surface area contributed by atoms with E-state index in [-0.39, 0.29) is 24.3 Å². The zero-order chi connectivity index (χ0) is 26.9. The van der Waals surface area contributed by atoms with Gasteiger partial charge in [-0.15, -0.1) is 11.3 Å². The van der Waals surface area contributed by atoms with Gasteiger partial charge in [0.1, 0.15) is 12.2 Å². The smallest absolute Gasteiger partial charge is 0.350 e. The Kier molecular flexibility index (Phi) is 7.56. The first-order chi connectivity index (χ1) is 18.2. The van der Waals surface area contributed by atoms with Crippen molar-refractivity contribution in [2.45, 2.75) is 63.6 Å². The van der Waals surface area contributed by atoms with Crippen LogP contribution in [0.2, 0.25) is 0 Å². The molecule has 0 radical (unpaired) electrons. The zero-order valence-electron chi connectivity index (χ0n) is 21.1. The minimum absolute atomic E-state index is 0.138. The van der Waals surface area contributed by atoms with Crippen molar-refractivity contribution < 1.29 is 22.8 Å². The van der Waals surface area contributed by atoms with Gasteiger partial charge in [0.2, 0.25) is 5.91 Å². The van der Waals surface area contributed by atoms with E-state index in [9.17, 15) is 22.8 Å². The molecule has 1 aliphatic heterocycles. The number of fused-ring (bicyclic) bond motifs is 1. The van der Waals surface area contributed by atoms with Crippen LogP contribution in [0.5, 0.6) is 0 Å². The maximum atomic E-state index is 12.9. The molecule has 1 aromatic carbocycles. The lowest BCUT2D eigenvalue weighted by atomic mass is 9.83. The summed E-state index contributed by atoms with van der Waals surface area (Å²) in [6.45, 7) is 2.84. The van der Waals surface area contributed by atoms with Crippen molar-refractivity contribution >= 4 is 23.2 Å². The van der Waals surface area contributed by atoms with E-state index in [1.807, 2.05) is 6.07 Å². The van der Waals surface area contributed by atoms with E-state index in [4.69, 9.17) is 0 Å². The monoisotopic (exact) mass is 545 g/mol. The number of nitrogens with zero attached hydrogens (tertiary/aromatic N) is 4. The number of likely N-dealkylation sites (tertiary alicyclic amines) is 1. The van der Waals surface area contributed by atoms with Gasteiger partial charge in [-0.25, -0.2) is 4.98 Å². The van der Waals surface area contributed by atoms with E-state index >= 15 is 0 Å². The lowest BCUT2D eigenvalue weighted by Crippen LogP contribution is -2.40. The van der Waals surface area contributed by atoms with Crippen LogP contribution in [0.1, 0.15) is 75.5 Å². The van der Waals surface area contributed by atoms with Gasteiger partial charge in [0.05, 0.1) is 5.01 Å². The summed E-state index contributed by atoms with van der Waals surface area (Å²) in [6.07, 6.45) is 0.0940. The van der Waals surface area contributed by atoms with Crippen LogP contribution in [0, 0.1) is 6.92 Å². The molecule has 5 rings (SSSR count). The van der Waals surface area contributed by atoms with Crippen LogP contribution in [0.25, 0.3) is 0 Å². The molecule has 2 aliphatic rings. The predicted molar refractivity (Wildman–Crippen MR) is 137 cm³/mol. The average Bonchev–Trinajstić information content (AvgIpc) is 3.55. The number of amides is 2. The van der Waals surface area contributed by atoms with Gasteiger partial charge in [0.25, 0.3) is 5.91 Å². The number of hydrogen-bond acceptors (Lipinski definition) is 5. The van der Waals surface area contributed by atoms with E-state index < -0.39 is 11.9 Å². The zero-order valence-corrected chi connectivity index (χ0v) is 21.9. The highest BCUT2D eigenvalue weighted by Crippen LogP contribution is 2.33. The molecule has 202 valence electrons. The van der Waals surface area contributed by atoms with Crippen LogP contribution in [0.4, 0.5) is 13.2 Å². The molecule has 2 amide bonds. The second kappa shape index (κ2) is 10.9. The minimum atomic E-state index is -4.54. The molecule has 3 heterocycles. The summed E-state index contributed by atoms with van der Waals surface area (Å²) in [5.41, 5.74) is 2.41. The van der Waals surface area contributed by atoms with Crippen molar-refractivity contribution in [3.05, 3.63) is 68.9 Å². The lowest BCUT2D eigenvalue weighted by Gasteiger charge is -2.31. The molecule has 0 unspecified atom stereocenters. The van der Waals surface area contributed by atoms with Gasteiger partial charge in [-0.05, 0) is 56.2 Å². The molecule has 1 aliphatic carbocycles. The van der Waals surface area contributed by atoms with Gasteiger partial charge >= 0.3 is 6.18 Å². The number of piperidine rings is 1. The lowest BCUT2D eigenvalue weighted by molar-refractivity contribution is -0.142. The number of hydrogen-bond donors (Lipinski definition) is 1. The van der Waals surface area contributed by atoms with Gasteiger partial charge < -0.3 is 10.2 Å². The summed E-state index contributed by atoms with van der Waals surface area (Å²) in [4.78, 5) is 31.8. The van der Waals surface area contributed by atoms with Crippen LogP contribution < -0.4 is 5.32 Å². The van der Waals surface area contributed by atoms with Crippen molar-refractivity contribution in [1.82, 2.24) is 25.0 Å². The van der Waals surface area contributed by atoms with E-state index in [1.165, 1.54) is 29.4 Å². The van der Waals surface area contributed by atoms with E-state index in [0.717, 1.165) is 35.0 Å². The van der Waals surface area contributed by atoms with Crippen molar-refractivity contribution in [2.24, 2.45) is 0 Å². The molecule has 0 bridgehead atoms. The minimum Gasteiger partial charge on any atom is -0.350 e. The number of rotatable bonds is 6. The Morgan fingerprint density at radius 2 is 1.92 bits per heavy atom. The second-order valence-corrected chi connectivity index (χ2v) is 10.9. The Balaban J connectivity index is 1.12. The van der Waals surface area contributed by atoms with E-state index in [1.54, 1.807) is 10.3 Å². The van der Waals surface area contributed by atoms with E-state index in [2.05, 4.69) is 33.6 Å². The van der Waals surface area contributed by atoms with Gasteiger partial charge in [-0.2, -0.15) is 18.3 Å². The van der Waals surface area contributed by atoms with Crippen LogP contribution >= 0.6 is 11.3 Å². The standard InChI is InChI=1S/C27H30F3N5O2S/c1-17-13-23(27(28,29)30)33-35(17)15-24(36)34-11-9-19(10-12-34)26-32-22(16-38-26)25(37)31-14-20-7-4-6-18-5-2-3-8-21(18)20/h2-3,5,8,13,16,19-20H,4,6-7,9-12,14-15H2,1H3,(H,31,37)/t20-/m0/s1. The number of halogens is 3. The molecule has 0 saturated carbocycles. The molecule has 0 spiro atoms. The second-order valence-electron chi connectivity index (χ2n) is 10.1. The van der Waals surface area contributed by atoms with Gasteiger partial charge in [0.15, 0.2) is 5.69 Å². The summed E-state index contributed by atoms with van der Waals surface area (Å²) in [5.74, 6) is 0.0244. The largest absolute Gasteiger partial charge is 0.435 e. The average molecular weight is 546 g/mol. The maximum Gasteiger partial charge on any atom is 0.435 e. The number of alkyl halides is 3. The van der Waals surface area contributed by atoms with Crippen LogP contribution in [0.15, 0.2) is 35.7 Å². The highest BCUT2D eigenvalue weighted by Gasteiger charge is 2.35. The molecule has 1 saturated heterocycles. The third-order valence-electron chi connectivity index (χ3n) is 7.51. The van der Waals surface area contributed by atoms with Crippen molar-refractivity contribution in [2.75, 3.05) is 19.6 Å². The summed E-state index contributed by atoms with van der Waals surface area (Å²) in [5, 5.41) is 9.28. The Morgan fingerprint density at radius 3 is 2.66 bits per heavy atom. The third-order valence-corrected chi connectivity index (χ3v) is 8.52. The first-order valence-electron chi connectivity index (χ1n) is 12.9. The number of benzene rings is 1. The molecule has 1 N–H and O–H groups in total. The van der Waals surface area contributed by atoms with Crippen LogP contribution in [-0.4, -0.2) is 51.1 Å². The SMILES string of the molecule is Cc1cc(C(F)(F)F)nn1CC(=O)N1CCC(c2nc(C(=O)NC[C@@H]3CCCc4ccccc43)cs2)CC1. The highest BCUT2D eigenvalue weighted by molar-refractivity contribution is 7.09. The number of carbonyl (C=O) groups excluding carboxylic acids is 2. The van der Waals surface area contributed by atoms with Crippen molar-refractivity contribution in [3.8, 4) is 0 Å². The van der Waals surface area contributed by atoms with Gasteiger partial charge in [-0.3, -0.25) is 14.3 Å². The molecular weight excluding hydrogens is 515 g/mol. The van der Waals surface area contributed by atoms with Crippen molar-refractivity contribution in [3.63, 3.8) is 0 Å². The first-order valence-corrected chi connectivity index (χ1v) is 13.8. The summed E-state index contributed by atoms with van der Waals surface area (Å²) in [7, 11) is 0. The topological polar surface area (TPSA) is 80.1 Å². The number of carbonyl (C=O) groups is 2. The molecule has 7 nitrogen and oxygen atoms in total. The molecule has 38 heavy (non-hydrogen) atoms.